The monoisotopic (exact) mass is 630 g/mol. The lowest BCUT2D eigenvalue weighted by Crippen LogP contribution is -2.36. The number of likely N-dealkylation sites (tertiary alicyclic amines) is 2. The number of aliphatic hydroxyl groups is 1. The SMILES string of the molecule is C.C.CC(C)(C)OC(=O)N1CCC(O)C1.CC(C)(C)OC(=O)N1CCC(Oc2ncncc2N)C1.Nc1cncnc1Cl.[HH]. The molecular formula is C28H51ClN8O6. The van der Waals surface area contributed by atoms with Gasteiger partial charge in [-0.3, -0.25) is 0 Å². The predicted molar refractivity (Wildman–Crippen MR) is 169 cm³/mol. The van der Waals surface area contributed by atoms with Crippen molar-refractivity contribution < 1.29 is 30.3 Å². The molecule has 2 aliphatic rings. The maximum Gasteiger partial charge on any atom is 0.410 e. The highest BCUT2D eigenvalue weighted by atomic mass is 35.5. The fourth-order valence-electron chi connectivity index (χ4n) is 3.46. The molecule has 4 rings (SSSR count). The van der Waals surface area contributed by atoms with Crippen molar-refractivity contribution in [1.82, 2.24) is 29.7 Å². The van der Waals surface area contributed by atoms with Gasteiger partial charge >= 0.3 is 12.2 Å². The molecule has 2 atom stereocenters. The molecule has 2 aromatic rings. The molecule has 0 aromatic carbocycles. The van der Waals surface area contributed by atoms with Crippen LogP contribution in [-0.2, 0) is 9.47 Å². The van der Waals surface area contributed by atoms with Crippen LogP contribution in [0.2, 0.25) is 5.15 Å². The fraction of sp³-hybridized carbons (Fsp3) is 0.643. The molecule has 0 radical (unpaired) electrons. The first-order chi connectivity index (χ1) is 19.0. The maximum atomic E-state index is 11.9. The second-order valence-corrected chi connectivity index (χ2v) is 11.7. The molecule has 246 valence electrons. The summed E-state index contributed by atoms with van der Waals surface area (Å²) in [4.78, 5) is 41.5. The maximum absolute atomic E-state index is 11.9. The summed E-state index contributed by atoms with van der Waals surface area (Å²) in [6.45, 7) is 13.1. The van der Waals surface area contributed by atoms with Crippen LogP contribution in [0, 0.1) is 0 Å². The molecule has 0 bridgehead atoms. The van der Waals surface area contributed by atoms with Crippen LogP contribution in [0.25, 0.3) is 0 Å². The van der Waals surface area contributed by atoms with Crippen molar-refractivity contribution >= 4 is 35.2 Å². The lowest BCUT2D eigenvalue weighted by Gasteiger charge is -2.24. The number of nitrogens with zero attached hydrogens (tertiary/aromatic N) is 6. The summed E-state index contributed by atoms with van der Waals surface area (Å²) in [6.07, 6.45) is 5.89. The normalized spacial score (nSPS) is 17.6. The lowest BCUT2D eigenvalue weighted by molar-refractivity contribution is 0.0263. The van der Waals surface area contributed by atoms with E-state index < -0.39 is 11.2 Å². The number of nitrogen functional groups attached to an aromatic ring is 2. The van der Waals surface area contributed by atoms with Gasteiger partial charge in [0.25, 0.3) is 0 Å². The number of carbonyl (C=O) groups is 2. The Balaban J connectivity index is 0. The molecule has 0 saturated carbocycles. The number of hydrogen-bond donors (Lipinski definition) is 3. The minimum Gasteiger partial charge on any atom is -0.471 e. The molecule has 0 aliphatic carbocycles. The van der Waals surface area contributed by atoms with Crippen LogP contribution >= 0.6 is 11.6 Å². The number of aromatic nitrogens is 4. The van der Waals surface area contributed by atoms with Gasteiger partial charge in [-0.25, -0.2) is 24.5 Å². The standard InChI is InChI=1S/C13H20N4O3.C9H17NO3.C4H4ClN3.2CH4.H2/c1-13(2,3)20-12(18)17-5-4-9(7-17)19-11-10(14)6-15-8-16-11;1-9(2,3)13-8(12)10-5-4-7(11)6-10;5-4-3(6)1-7-2-8-4;;;/h6,8-9H,4-5,7,14H2,1-3H3;7,11H,4-6H2,1-3H3;1-2H,6H2;2*1H4;1H. The average Bonchev–Trinajstić information content (AvgIpc) is 3.51. The molecule has 15 heteroatoms. The number of amides is 2. The van der Waals surface area contributed by atoms with E-state index in [2.05, 4.69) is 19.9 Å². The molecule has 4 heterocycles. The number of ether oxygens (including phenoxy) is 3. The number of aliphatic hydroxyl groups excluding tert-OH is 1. The van der Waals surface area contributed by atoms with E-state index in [0.29, 0.717) is 55.0 Å². The van der Waals surface area contributed by atoms with Gasteiger partial charge in [-0.05, 0) is 48.0 Å². The number of nitrogens with two attached hydrogens (primary N) is 2. The molecule has 2 saturated heterocycles. The van der Waals surface area contributed by atoms with E-state index in [9.17, 15) is 14.7 Å². The quantitative estimate of drug-likeness (QED) is 0.389. The summed E-state index contributed by atoms with van der Waals surface area (Å²) < 4.78 is 16.2. The third kappa shape index (κ3) is 14.9. The largest absolute Gasteiger partial charge is 0.471 e. The van der Waals surface area contributed by atoms with E-state index in [1.807, 2.05) is 41.5 Å². The van der Waals surface area contributed by atoms with Gasteiger partial charge in [-0.15, -0.1) is 0 Å². The first kappa shape index (κ1) is 39.4. The molecule has 2 aliphatic heterocycles. The molecule has 43 heavy (non-hydrogen) atoms. The molecule has 2 unspecified atom stereocenters. The third-order valence-corrected chi connectivity index (χ3v) is 5.60. The average molecular weight is 631 g/mol. The van der Waals surface area contributed by atoms with Crippen LogP contribution in [0.3, 0.4) is 0 Å². The molecule has 5 N–H and O–H groups in total. The Kier molecular flexibility index (Phi) is 16.0. The van der Waals surface area contributed by atoms with Crippen molar-refractivity contribution in [3.63, 3.8) is 0 Å². The van der Waals surface area contributed by atoms with Crippen molar-refractivity contribution in [2.24, 2.45) is 0 Å². The smallest absolute Gasteiger partial charge is 0.410 e. The zero-order valence-electron chi connectivity index (χ0n) is 24.4. The molecule has 2 aromatic heterocycles. The Morgan fingerprint density at radius 1 is 0.884 bits per heavy atom. The van der Waals surface area contributed by atoms with E-state index in [-0.39, 0.29) is 40.7 Å². The lowest BCUT2D eigenvalue weighted by atomic mass is 10.2. The molecule has 2 fully saturated rings. The van der Waals surface area contributed by atoms with Gasteiger partial charge in [-0.1, -0.05) is 26.5 Å². The summed E-state index contributed by atoms with van der Waals surface area (Å²) in [7, 11) is 0. The highest BCUT2D eigenvalue weighted by Gasteiger charge is 2.31. The third-order valence-electron chi connectivity index (χ3n) is 5.28. The first-order valence-corrected chi connectivity index (χ1v) is 13.5. The molecule has 0 spiro atoms. The van der Waals surface area contributed by atoms with Gasteiger partial charge in [0.15, 0.2) is 5.15 Å². The van der Waals surface area contributed by atoms with Crippen LogP contribution in [0.4, 0.5) is 21.0 Å². The minimum absolute atomic E-state index is 0. The van der Waals surface area contributed by atoms with Crippen molar-refractivity contribution in [2.75, 3.05) is 37.6 Å². The van der Waals surface area contributed by atoms with E-state index >= 15 is 0 Å². The van der Waals surface area contributed by atoms with Crippen molar-refractivity contribution in [2.45, 2.75) is 92.6 Å². The van der Waals surface area contributed by atoms with E-state index in [1.54, 1.807) is 4.90 Å². The van der Waals surface area contributed by atoms with Gasteiger partial charge < -0.3 is 40.6 Å². The number of anilines is 2. The Hall–Kier alpha value is -3.65. The minimum atomic E-state index is -0.493. The number of β-amino-alcohol motifs (C(OH)–C–C–N with tert-alkyl or cyclic N) is 1. The second-order valence-electron chi connectivity index (χ2n) is 11.4. The zero-order valence-corrected chi connectivity index (χ0v) is 25.2. The molecular weight excluding hydrogens is 580 g/mol. The Morgan fingerprint density at radius 2 is 1.37 bits per heavy atom. The van der Waals surface area contributed by atoms with Crippen LogP contribution in [0.5, 0.6) is 5.88 Å². The molecule has 2 amide bonds. The Morgan fingerprint density at radius 3 is 1.79 bits per heavy atom. The predicted octanol–water partition coefficient (Wildman–Crippen LogP) is 4.67. The molecule has 14 nitrogen and oxygen atoms in total. The summed E-state index contributed by atoms with van der Waals surface area (Å²) >= 11 is 5.43. The summed E-state index contributed by atoms with van der Waals surface area (Å²) in [5.41, 5.74) is 10.8. The number of hydrogen-bond acceptors (Lipinski definition) is 12. The van der Waals surface area contributed by atoms with Crippen molar-refractivity contribution in [1.29, 1.82) is 0 Å². The van der Waals surface area contributed by atoms with Crippen molar-refractivity contribution in [3.8, 4) is 5.88 Å². The number of halogens is 1. The second kappa shape index (κ2) is 17.5. The van der Waals surface area contributed by atoms with Gasteiger partial charge in [0.1, 0.15) is 35.6 Å². The first-order valence-electron chi connectivity index (χ1n) is 13.1. The fourth-order valence-corrected chi connectivity index (χ4v) is 3.55. The van der Waals surface area contributed by atoms with E-state index in [4.69, 9.17) is 37.3 Å². The summed E-state index contributed by atoms with van der Waals surface area (Å²) in [5, 5.41) is 9.50. The van der Waals surface area contributed by atoms with E-state index in [1.165, 1.54) is 29.9 Å². The summed E-state index contributed by atoms with van der Waals surface area (Å²) in [6, 6.07) is 0. The van der Waals surface area contributed by atoms with Gasteiger partial charge in [0.2, 0.25) is 5.88 Å². The van der Waals surface area contributed by atoms with Crippen LogP contribution in [0.1, 0.15) is 70.7 Å². The van der Waals surface area contributed by atoms with Crippen LogP contribution in [0.15, 0.2) is 25.0 Å². The Bertz CT molecular complexity index is 1130. The van der Waals surface area contributed by atoms with Gasteiger partial charge in [0, 0.05) is 27.5 Å². The van der Waals surface area contributed by atoms with E-state index in [0.717, 1.165) is 6.42 Å². The van der Waals surface area contributed by atoms with Gasteiger partial charge in [0.05, 0.1) is 30.7 Å². The summed E-state index contributed by atoms with van der Waals surface area (Å²) in [5.74, 6) is 0.357. The van der Waals surface area contributed by atoms with Crippen molar-refractivity contribution in [3.05, 3.63) is 30.2 Å². The van der Waals surface area contributed by atoms with Gasteiger partial charge in [-0.2, -0.15) is 4.98 Å². The highest BCUT2D eigenvalue weighted by Crippen LogP contribution is 2.22. The van der Waals surface area contributed by atoms with Crippen LogP contribution in [-0.4, -0.2) is 96.6 Å². The van der Waals surface area contributed by atoms with Crippen LogP contribution < -0.4 is 16.2 Å². The Labute approximate surface area is 261 Å². The number of carbonyl (C=O) groups excluding carboxylic acids is 2. The number of rotatable bonds is 2. The topological polar surface area (TPSA) is 192 Å². The zero-order chi connectivity index (χ0) is 30.8. The highest BCUT2D eigenvalue weighted by molar-refractivity contribution is 6.31.